The topological polar surface area (TPSA) is 67.1 Å². The first-order chi connectivity index (χ1) is 7.62. The molecule has 2 aliphatic rings. The van der Waals surface area contributed by atoms with Crippen molar-refractivity contribution in [3.05, 3.63) is 29.6 Å². The van der Waals surface area contributed by atoms with Crippen LogP contribution in [-0.2, 0) is 10.2 Å². The molecule has 84 valence electrons. The van der Waals surface area contributed by atoms with Gasteiger partial charge >= 0.3 is 0 Å². The van der Waals surface area contributed by atoms with Crippen LogP contribution in [0.15, 0.2) is 18.2 Å². The largest absolute Gasteiger partial charge is 0.325 e. The molecule has 16 heavy (non-hydrogen) atoms. The number of carbonyl (C=O) groups excluding carboxylic acids is 1. The third kappa shape index (κ3) is 1.12. The lowest BCUT2D eigenvalue weighted by Gasteiger charge is -2.19. The molecule has 1 spiro atoms. The first kappa shape index (κ1) is 9.74. The van der Waals surface area contributed by atoms with E-state index in [1.165, 1.54) is 12.1 Å². The van der Waals surface area contributed by atoms with Gasteiger partial charge in [0.15, 0.2) is 0 Å². The second kappa shape index (κ2) is 3.02. The molecule has 0 unspecified atom stereocenters. The first-order valence-corrected chi connectivity index (χ1v) is 5.22. The molecular weight excluding hydrogens is 209 g/mol. The van der Waals surface area contributed by atoms with Crippen LogP contribution in [-0.4, -0.2) is 18.6 Å². The summed E-state index contributed by atoms with van der Waals surface area (Å²) in [4.78, 5) is 12.0. The van der Waals surface area contributed by atoms with Crippen LogP contribution in [0.25, 0.3) is 0 Å². The lowest BCUT2D eigenvalue weighted by atomic mass is 9.80. The molecule has 0 aliphatic carbocycles. The summed E-state index contributed by atoms with van der Waals surface area (Å²) in [5, 5.41) is 5.81. The highest BCUT2D eigenvalue weighted by molar-refractivity contribution is 6.06. The van der Waals surface area contributed by atoms with Gasteiger partial charge in [0.05, 0.1) is 11.6 Å². The number of nitrogens with two attached hydrogens (primary N) is 1. The fraction of sp³-hybridized carbons (Fsp3) is 0.364. The van der Waals surface area contributed by atoms with E-state index in [4.69, 9.17) is 5.73 Å². The minimum absolute atomic E-state index is 0.0893. The molecule has 1 fully saturated rings. The van der Waals surface area contributed by atoms with Crippen LogP contribution in [0.5, 0.6) is 0 Å². The van der Waals surface area contributed by atoms with Crippen LogP contribution in [0.1, 0.15) is 12.0 Å². The molecule has 2 aliphatic heterocycles. The molecular formula is C11H12FN3O. The monoisotopic (exact) mass is 221 g/mol. The Morgan fingerprint density at radius 2 is 2.31 bits per heavy atom. The molecule has 4 N–H and O–H groups in total. The molecule has 0 radical (unpaired) electrons. The molecule has 1 amide bonds. The zero-order chi connectivity index (χ0) is 11.3. The number of nitrogens with one attached hydrogen (secondary N) is 2. The van der Waals surface area contributed by atoms with Gasteiger partial charge in [0.25, 0.3) is 0 Å². The highest BCUT2D eigenvalue weighted by Gasteiger charge is 2.50. The van der Waals surface area contributed by atoms with E-state index >= 15 is 0 Å². The molecule has 0 bridgehead atoms. The fourth-order valence-corrected chi connectivity index (χ4v) is 2.59. The van der Waals surface area contributed by atoms with Crippen molar-refractivity contribution < 1.29 is 9.18 Å². The van der Waals surface area contributed by atoms with Gasteiger partial charge < -0.3 is 16.4 Å². The van der Waals surface area contributed by atoms with Crippen molar-refractivity contribution in [3.63, 3.8) is 0 Å². The van der Waals surface area contributed by atoms with Gasteiger partial charge in [-0.1, -0.05) is 0 Å². The summed E-state index contributed by atoms with van der Waals surface area (Å²) in [6, 6.07) is 4.37. The highest BCUT2D eigenvalue weighted by Crippen LogP contribution is 2.42. The standard InChI is InChI=1S/C11H12FN3O/c12-6-1-2-8-7(3-6)11(10(16)15-8)4-9(13)14-5-11/h1-3,9,14H,4-5,13H2,(H,15,16)/t9-,11-/m0/s1. The van der Waals surface area contributed by atoms with E-state index in [2.05, 4.69) is 10.6 Å². The van der Waals surface area contributed by atoms with Gasteiger partial charge in [0, 0.05) is 12.2 Å². The number of hydrogen-bond acceptors (Lipinski definition) is 3. The van der Waals surface area contributed by atoms with Crippen molar-refractivity contribution in [2.45, 2.75) is 18.0 Å². The zero-order valence-corrected chi connectivity index (χ0v) is 8.59. The van der Waals surface area contributed by atoms with Gasteiger partial charge in [0.2, 0.25) is 5.91 Å². The Morgan fingerprint density at radius 3 is 3.00 bits per heavy atom. The van der Waals surface area contributed by atoms with Crippen LogP contribution in [0, 0.1) is 5.82 Å². The molecule has 1 saturated heterocycles. The minimum atomic E-state index is -0.684. The molecule has 1 aromatic carbocycles. The summed E-state index contributed by atoms with van der Waals surface area (Å²) in [5.41, 5.74) is 6.50. The van der Waals surface area contributed by atoms with E-state index in [0.717, 1.165) is 5.56 Å². The average molecular weight is 221 g/mol. The molecule has 0 saturated carbocycles. The van der Waals surface area contributed by atoms with Crippen LogP contribution in [0.2, 0.25) is 0 Å². The van der Waals surface area contributed by atoms with Crippen LogP contribution >= 0.6 is 0 Å². The maximum atomic E-state index is 13.2. The molecule has 3 rings (SSSR count). The smallest absolute Gasteiger partial charge is 0.236 e. The Morgan fingerprint density at radius 1 is 1.50 bits per heavy atom. The predicted octanol–water partition coefficient (Wildman–Crippen LogP) is 0.294. The lowest BCUT2D eigenvalue weighted by Crippen LogP contribution is -2.36. The van der Waals surface area contributed by atoms with Gasteiger partial charge in [-0.15, -0.1) is 0 Å². The second-order valence-electron chi connectivity index (χ2n) is 4.42. The van der Waals surface area contributed by atoms with E-state index in [1.807, 2.05) is 0 Å². The van der Waals surface area contributed by atoms with Gasteiger partial charge in [-0.05, 0) is 30.2 Å². The summed E-state index contributed by atoms with van der Waals surface area (Å²) in [6.07, 6.45) is 0.301. The number of anilines is 1. The lowest BCUT2D eigenvalue weighted by molar-refractivity contribution is -0.120. The summed E-state index contributed by atoms with van der Waals surface area (Å²) < 4.78 is 13.2. The van der Waals surface area contributed by atoms with Gasteiger partial charge in [0.1, 0.15) is 5.82 Å². The summed E-state index contributed by atoms with van der Waals surface area (Å²) >= 11 is 0. The number of amides is 1. The number of fused-ring (bicyclic) bond motifs is 2. The summed E-state index contributed by atoms with van der Waals surface area (Å²) in [6.45, 7) is 0.469. The number of benzene rings is 1. The predicted molar refractivity (Wildman–Crippen MR) is 57.3 cm³/mol. The van der Waals surface area contributed by atoms with Gasteiger partial charge in [-0.2, -0.15) is 0 Å². The van der Waals surface area contributed by atoms with Crippen molar-refractivity contribution in [2.24, 2.45) is 5.73 Å². The maximum Gasteiger partial charge on any atom is 0.236 e. The Labute approximate surface area is 92.0 Å². The van der Waals surface area contributed by atoms with Crippen molar-refractivity contribution in [2.75, 3.05) is 11.9 Å². The molecule has 4 nitrogen and oxygen atoms in total. The summed E-state index contributed by atoms with van der Waals surface area (Å²) in [5.74, 6) is -0.413. The molecule has 0 aromatic heterocycles. The Hall–Kier alpha value is -1.46. The molecule has 1 aromatic rings. The first-order valence-electron chi connectivity index (χ1n) is 5.22. The third-order valence-corrected chi connectivity index (χ3v) is 3.41. The number of rotatable bonds is 0. The van der Waals surface area contributed by atoms with Crippen LogP contribution in [0.3, 0.4) is 0 Å². The van der Waals surface area contributed by atoms with E-state index in [1.54, 1.807) is 6.07 Å². The van der Waals surface area contributed by atoms with E-state index < -0.39 is 5.41 Å². The molecule has 2 heterocycles. The minimum Gasteiger partial charge on any atom is -0.325 e. The zero-order valence-electron chi connectivity index (χ0n) is 8.59. The Kier molecular flexibility index (Phi) is 1.84. The van der Waals surface area contributed by atoms with E-state index in [9.17, 15) is 9.18 Å². The fourth-order valence-electron chi connectivity index (χ4n) is 2.59. The highest BCUT2D eigenvalue weighted by atomic mass is 19.1. The maximum absolute atomic E-state index is 13.2. The SMILES string of the molecule is N[C@@H]1C[C@@]2(CN1)C(=O)Nc1ccc(F)cc12. The van der Waals surface area contributed by atoms with Gasteiger partial charge in [-0.3, -0.25) is 4.79 Å². The average Bonchev–Trinajstić information content (AvgIpc) is 2.74. The molecule has 2 atom stereocenters. The Balaban J connectivity index is 2.15. The normalized spacial score (nSPS) is 31.9. The van der Waals surface area contributed by atoms with Crippen molar-refractivity contribution in [1.82, 2.24) is 5.32 Å². The van der Waals surface area contributed by atoms with Crippen molar-refractivity contribution in [1.29, 1.82) is 0 Å². The number of carbonyl (C=O) groups is 1. The second-order valence-corrected chi connectivity index (χ2v) is 4.42. The number of halogens is 1. The Bertz CT molecular complexity index is 476. The number of hydrogen-bond donors (Lipinski definition) is 3. The van der Waals surface area contributed by atoms with Gasteiger partial charge in [-0.25, -0.2) is 4.39 Å². The van der Waals surface area contributed by atoms with Crippen LogP contribution in [0.4, 0.5) is 10.1 Å². The van der Waals surface area contributed by atoms with E-state index in [-0.39, 0.29) is 17.9 Å². The van der Waals surface area contributed by atoms with Crippen LogP contribution < -0.4 is 16.4 Å². The summed E-state index contributed by atoms with van der Waals surface area (Å²) in [7, 11) is 0. The third-order valence-electron chi connectivity index (χ3n) is 3.41. The van der Waals surface area contributed by atoms with Crippen molar-refractivity contribution in [3.8, 4) is 0 Å². The molecule has 5 heteroatoms. The van der Waals surface area contributed by atoms with Crippen molar-refractivity contribution >= 4 is 11.6 Å². The van der Waals surface area contributed by atoms with E-state index in [0.29, 0.717) is 18.7 Å². The quantitative estimate of drug-likeness (QED) is 0.590.